The lowest BCUT2D eigenvalue weighted by molar-refractivity contribution is -0.148. The van der Waals surface area contributed by atoms with Crippen molar-refractivity contribution in [2.45, 2.75) is 27.2 Å². The average Bonchev–Trinajstić information content (AvgIpc) is 2.15. The molecule has 0 N–H and O–H groups in total. The van der Waals surface area contributed by atoms with Crippen LogP contribution < -0.4 is 12.4 Å². The number of carbonyl (C=O) groups is 1. The maximum atomic E-state index is 11.2. The lowest BCUT2D eigenvalue weighted by Gasteiger charge is -2.14. The minimum absolute atomic E-state index is 0. The Morgan fingerprint density at radius 1 is 1.43 bits per heavy atom. The third kappa shape index (κ3) is 7.15. The summed E-state index contributed by atoms with van der Waals surface area (Å²) in [6, 6.07) is 0. The van der Waals surface area contributed by atoms with Gasteiger partial charge in [0.25, 0.3) is 0 Å². The smallest absolute Gasteiger partial charge is 0.308 e. The molecule has 86 valence electrons. The molecular weight excluding hydrogens is 202 g/mol. The Labute approximate surface area is 93.2 Å². The second-order valence-corrected chi connectivity index (χ2v) is 3.37. The highest BCUT2D eigenvalue weighted by Crippen LogP contribution is 2.02. The number of halogens is 1. The molecule has 0 radical (unpaired) electrons. The fraction of sp³-hybridized carbons (Fsp3) is 0.900. The zero-order valence-corrected chi connectivity index (χ0v) is 10.3. The Bertz CT molecular complexity index is 153. The second kappa shape index (κ2) is 9.28. The topological polar surface area (TPSA) is 29.5 Å². The SMILES string of the molecule is CCC(C)C(=O)OCCN(C)CC.[Cl-]. The van der Waals surface area contributed by atoms with Crippen LogP contribution in [0.4, 0.5) is 0 Å². The lowest BCUT2D eigenvalue weighted by Crippen LogP contribution is -3.00. The Morgan fingerprint density at radius 2 is 2.00 bits per heavy atom. The van der Waals surface area contributed by atoms with E-state index < -0.39 is 0 Å². The normalized spacial score (nSPS) is 12.1. The highest BCUT2D eigenvalue weighted by molar-refractivity contribution is 5.71. The maximum Gasteiger partial charge on any atom is 0.308 e. The summed E-state index contributed by atoms with van der Waals surface area (Å²) in [5.74, 6) is -0.0427. The van der Waals surface area contributed by atoms with Gasteiger partial charge in [0.05, 0.1) is 5.92 Å². The number of esters is 1. The molecule has 1 atom stereocenters. The molecule has 4 heteroatoms. The van der Waals surface area contributed by atoms with E-state index in [-0.39, 0.29) is 24.3 Å². The highest BCUT2D eigenvalue weighted by Gasteiger charge is 2.11. The van der Waals surface area contributed by atoms with E-state index in [2.05, 4.69) is 11.8 Å². The molecule has 0 heterocycles. The van der Waals surface area contributed by atoms with Crippen molar-refractivity contribution in [2.24, 2.45) is 5.92 Å². The van der Waals surface area contributed by atoms with Crippen LogP contribution in [0.15, 0.2) is 0 Å². The molecule has 0 saturated carbocycles. The van der Waals surface area contributed by atoms with Gasteiger partial charge < -0.3 is 22.0 Å². The number of carbonyl (C=O) groups excluding carboxylic acids is 1. The molecule has 3 nitrogen and oxygen atoms in total. The minimum atomic E-state index is -0.0768. The van der Waals surface area contributed by atoms with Crippen LogP contribution in [-0.2, 0) is 9.53 Å². The first-order chi connectivity index (χ1) is 6.11. The minimum Gasteiger partial charge on any atom is -1.00 e. The van der Waals surface area contributed by atoms with E-state index in [1.807, 2.05) is 20.9 Å². The first-order valence-electron chi connectivity index (χ1n) is 4.97. The van der Waals surface area contributed by atoms with Crippen molar-refractivity contribution in [3.63, 3.8) is 0 Å². The number of ether oxygens (including phenoxy) is 1. The molecule has 0 amide bonds. The van der Waals surface area contributed by atoms with Crippen LogP contribution in [0.3, 0.4) is 0 Å². The van der Waals surface area contributed by atoms with Crippen LogP contribution in [0.2, 0.25) is 0 Å². The van der Waals surface area contributed by atoms with Gasteiger partial charge in [0, 0.05) is 6.54 Å². The monoisotopic (exact) mass is 222 g/mol. The lowest BCUT2D eigenvalue weighted by atomic mass is 10.1. The number of hydrogen-bond acceptors (Lipinski definition) is 3. The molecule has 14 heavy (non-hydrogen) atoms. The predicted molar refractivity (Wildman–Crippen MR) is 53.6 cm³/mol. The molecule has 0 spiro atoms. The van der Waals surface area contributed by atoms with Crippen molar-refractivity contribution in [1.29, 1.82) is 0 Å². The fourth-order valence-electron chi connectivity index (χ4n) is 0.769. The first-order valence-corrected chi connectivity index (χ1v) is 4.97. The molecule has 0 aliphatic heterocycles. The number of likely N-dealkylation sites (N-methyl/N-ethyl adjacent to an activating group) is 1. The Hall–Kier alpha value is -0.280. The van der Waals surface area contributed by atoms with Gasteiger partial charge in [0.2, 0.25) is 0 Å². The summed E-state index contributed by atoms with van der Waals surface area (Å²) in [4.78, 5) is 13.3. The Balaban J connectivity index is 0. The third-order valence-electron chi connectivity index (χ3n) is 2.27. The van der Waals surface area contributed by atoms with Crippen LogP contribution in [-0.4, -0.2) is 37.6 Å². The summed E-state index contributed by atoms with van der Waals surface area (Å²) in [6.45, 7) is 8.28. The van der Waals surface area contributed by atoms with Crippen molar-refractivity contribution in [2.75, 3.05) is 26.7 Å². The Morgan fingerprint density at radius 3 is 2.43 bits per heavy atom. The molecule has 0 aromatic carbocycles. The summed E-state index contributed by atoms with van der Waals surface area (Å²) in [5.41, 5.74) is 0. The number of rotatable bonds is 6. The van der Waals surface area contributed by atoms with E-state index in [4.69, 9.17) is 4.74 Å². The van der Waals surface area contributed by atoms with E-state index in [0.29, 0.717) is 6.61 Å². The van der Waals surface area contributed by atoms with Gasteiger partial charge in [-0.1, -0.05) is 20.8 Å². The van der Waals surface area contributed by atoms with E-state index in [9.17, 15) is 4.79 Å². The van der Waals surface area contributed by atoms with Gasteiger partial charge in [0.15, 0.2) is 0 Å². The van der Waals surface area contributed by atoms with E-state index in [1.165, 1.54) is 0 Å². The molecule has 0 aliphatic rings. The average molecular weight is 223 g/mol. The van der Waals surface area contributed by atoms with Gasteiger partial charge in [-0.15, -0.1) is 0 Å². The first kappa shape index (κ1) is 16.2. The van der Waals surface area contributed by atoms with Crippen LogP contribution in [0.25, 0.3) is 0 Å². The van der Waals surface area contributed by atoms with E-state index in [1.54, 1.807) is 0 Å². The highest BCUT2D eigenvalue weighted by atomic mass is 35.5. The summed E-state index contributed by atoms with van der Waals surface area (Å²) < 4.78 is 5.09. The van der Waals surface area contributed by atoms with Crippen LogP contribution >= 0.6 is 0 Å². The number of nitrogens with zero attached hydrogens (tertiary/aromatic N) is 1. The molecule has 0 aliphatic carbocycles. The zero-order valence-electron chi connectivity index (χ0n) is 9.55. The van der Waals surface area contributed by atoms with Gasteiger partial charge >= 0.3 is 5.97 Å². The van der Waals surface area contributed by atoms with E-state index in [0.717, 1.165) is 19.5 Å². The molecule has 0 rings (SSSR count). The van der Waals surface area contributed by atoms with Crippen LogP contribution in [0, 0.1) is 5.92 Å². The van der Waals surface area contributed by atoms with Gasteiger partial charge in [-0.3, -0.25) is 4.79 Å². The second-order valence-electron chi connectivity index (χ2n) is 3.37. The maximum absolute atomic E-state index is 11.2. The molecular formula is C10H21ClNO2-. The van der Waals surface area contributed by atoms with Crippen LogP contribution in [0.5, 0.6) is 0 Å². The zero-order chi connectivity index (χ0) is 10.3. The van der Waals surface area contributed by atoms with Crippen molar-refractivity contribution < 1.29 is 21.9 Å². The van der Waals surface area contributed by atoms with E-state index >= 15 is 0 Å². The van der Waals surface area contributed by atoms with Crippen molar-refractivity contribution in [3.8, 4) is 0 Å². The van der Waals surface area contributed by atoms with Crippen molar-refractivity contribution >= 4 is 5.97 Å². The van der Waals surface area contributed by atoms with Crippen LogP contribution in [0.1, 0.15) is 27.2 Å². The summed E-state index contributed by atoms with van der Waals surface area (Å²) in [5, 5.41) is 0. The molecule has 0 aromatic heterocycles. The predicted octanol–water partition coefficient (Wildman–Crippen LogP) is -1.47. The molecule has 0 saturated heterocycles. The molecule has 0 aromatic rings. The van der Waals surface area contributed by atoms with Gasteiger partial charge in [-0.05, 0) is 20.0 Å². The molecule has 0 fully saturated rings. The van der Waals surface area contributed by atoms with Gasteiger partial charge in [-0.25, -0.2) is 0 Å². The quantitative estimate of drug-likeness (QED) is 0.514. The largest absolute Gasteiger partial charge is 1.00 e. The van der Waals surface area contributed by atoms with Crippen molar-refractivity contribution in [3.05, 3.63) is 0 Å². The third-order valence-corrected chi connectivity index (χ3v) is 2.27. The Kier molecular flexibility index (Phi) is 10.7. The molecule has 1 unspecified atom stereocenters. The van der Waals surface area contributed by atoms with Crippen molar-refractivity contribution in [1.82, 2.24) is 4.90 Å². The number of hydrogen-bond donors (Lipinski definition) is 0. The summed E-state index contributed by atoms with van der Waals surface area (Å²) >= 11 is 0. The summed E-state index contributed by atoms with van der Waals surface area (Å²) in [7, 11) is 2.01. The van der Waals surface area contributed by atoms with Gasteiger partial charge in [-0.2, -0.15) is 0 Å². The van der Waals surface area contributed by atoms with Gasteiger partial charge in [0.1, 0.15) is 6.61 Å². The summed E-state index contributed by atoms with van der Waals surface area (Å²) in [6.07, 6.45) is 0.850. The molecule has 0 bridgehead atoms. The fourth-order valence-corrected chi connectivity index (χ4v) is 0.769. The standard InChI is InChI=1S/C10H21NO2.ClH/c1-5-9(3)10(12)13-8-7-11(4)6-2;/h9H,5-8H2,1-4H3;1H/p-1.